The summed E-state index contributed by atoms with van der Waals surface area (Å²) in [6.07, 6.45) is 1.64. The van der Waals surface area contributed by atoms with Crippen LogP contribution < -0.4 is 5.48 Å². The third-order valence-corrected chi connectivity index (χ3v) is 4.96. The average molecular weight is 368 g/mol. The number of piperazine rings is 1. The van der Waals surface area contributed by atoms with Crippen LogP contribution >= 0.6 is 0 Å². The summed E-state index contributed by atoms with van der Waals surface area (Å²) < 4.78 is 0. The lowest BCUT2D eigenvalue weighted by atomic mass is 10.0. The van der Waals surface area contributed by atoms with Crippen molar-refractivity contribution < 1.29 is 14.8 Å². The average Bonchev–Trinajstić information content (AvgIpc) is 2.70. The fourth-order valence-corrected chi connectivity index (χ4v) is 3.52. The summed E-state index contributed by atoms with van der Waals surface area (Å²) in [5.41, 5.74) is 3.60. The van der Waals surface area contributed by atoms with Gasteiger partial charge in [-0.2, -0.15) is 0 Å². The molecule has 0 spiro atoms. The standard InChI is InChI=1S/C20H24N4O3/c1-14-11-23(20(26)18-5-3-4-10-21-18)12-15(2)24(14)13-16-6-8-17(9-7-16)19(25)22-27/h3-10,14-15,27H,11-13H2,1-2H3,(H,22,25)/t14-,15+. The van der Waals surface area contributed by atoms with E-state index in [2.05, 4.69) is 23.7 Å². The number of carbonyl (C=O) groups excluding carboxylic acids is 2. The summed E-state index contributed by atoms with van der Waals surface area (Å²) in [6.45, 7) is 6.24. The molecular weight excluding hydrogens is 344 g/mol. The van der Waals surface area contributed by atoms with Gasteiger partial charge in [0.2, 0.25) is 0 Å². The van der Waals surface area contributed by atoms with Crippen molar-refractivity contribution in [1.29, 1.82) is 0 Å². The monoisotopic (exact) mass is 368 g/mol. The zero-order valence-electron chi connectivity index (χ0n) is 15.5. The lowest BCUT2D eigenvalue weighted by Crippen LogP contribution is -2.57. The van der Waals surface area contributed by atoms with Gasteiger partial charge in [0, 0.05) is 43.5 Å². The lowest BCUT2D eigenvalue weighted by molar-refractivity contribution is 0.0266. The Morgan fingerprint density at radius 3 is 2.33 bits per heavy atom. The van der Waals surface area contributed by atoms with Crippen molar-refractivity contribution in [3.63, 3.8) is 0 Å². The Balaban J connectivity index is 1.65. The van der Waals surface area contributed by atoms with Crippen LogP contribution in [0.1, 0.15) is 40.3 Å². The Hall–Kier alpha value is -2.77. The third-order valence-electron chi connectivity index (χ3n) is 4.96. The number of hydroxylamine groups is 1. The molecule has 2 heterocycles. The maximum atomic E-state index is 12.7. The molecule has 1 aromatic carbocycles. The molecule has 7 heteroatoms. The van der Waals surface area contributed by atoms with E-state index >= 15 is 0 Å². The molecule has 0 unspecified atom stereocenters. The minimum absolute atomic E-state index is 0.0340. The molecule has 2 N–H and O–H groups in total. The molecule has 0 radical (unpaired) electrons. The van der Waals surface area contributed by atoms with E-state index in [0.29, 0.717) is 24.3 Å². The van der Waals surface area contributed by atoms with E-state index in [-0.39, 0.29) is 18.0 Å². The minimum atomic E-state index is -0.523. The molecular formula is C20H24N4O3. The topological polar surface area (TPSA) is 85.8 Å². The Bertz CT molecular complexity index is 783. The molecule has 142 valence electrons. The summed E-state index contributed by atoms with van der Waals surface area (Å²) in [6, 6.07) is 12.9. The van der Waals surface area contributed by atoms with Crippen LogP contribution in [0.15, 0.2) is 48.7 Å². The molecule has 27 heavy (non-hydrogen) atoms. The van der Waals surface area contributed by atoms with Crippen LogP contribution in [0.25, 0.3) is 0 Å². The number of hydrogen-bond donors (Lipinski definition) is 2. The van der Waals surface area contributed by atoms with Crippen molar-refractivity contribution in [2.24, 2.45) is 0 Å². The molecule has 0 bridgehead atoms. The van der Waals surface area contributed by atoms with E-state index < -0.39 is 5.91 Å². The smallest absolute Gasteiger partial charge is 0.274 e. The zero-order chi connectivity index (χ0) is 19.4. The van der Waals surface area contributed by atoms with Gasteiger partial charge in [-0.15, -0.1) is 0 Å². The first-order chi connectivity index (χ1) is 13.0. The van der Waals surface area contributed by atoms with Crippen molar-refractivity contribution in [2.45, 2.75) is 32.5 Å². The first kappa shape index (κ1) is 19.0. The van der Waals surface area contributed by atoms with Crippen molar-refractivity contribution in [3.8, 4) is 0 Å². The molecule has 2 atom stereocenters. The van der Waals surface area contributed by atoms with E-state index in [9.17, 15) is 9.59 Å². The Morgan fingerprint density at radius 2 is 1.78 bits per heavy atom. The quantitative estimate of drug-likeness (QED) is 0.636. The summed E-state index contributed by atoms with van der Waals surface area (Å²) >= 11 is 0. The van der Waals surface area contributed by atoms with Crippen molar-refractivity contribution >= 4 is 11.8 Å². The summed E-state index contributed by atoms with van der Waals surface area (Å²) in [7, 11) is 0. The van der Waals surface area contributed by atoms with Crippen molar-refractivity contribution in [3.05, 3.63) is 65.5 Å². The predicted octanol–water partition coefficient (Wildman–Crippen LogP) is 1.94. The Labute approximate surface area is 158 Å². The number of aromatic nitrogens is 1. The van der Waals surface area contributed by atoms with Crippen molar-refractivity contribution in [2.75, 3.05) is 13.1 Å². The van der Waals surface area contributed by atoms with Gasteiger partial charge in [-0.3, -0.25) is 24.7 Å². The highest BCUT2D eigenvalue weighted by Gasteiger charge is 2.32. The summed E-state index contributed by atoms with van der Waals surface area (Å²) in [4.78, 5) is 32.5. The molecule has 1 fully saturated rings. The second kappa shape index (κ2) is 8.28. The molecule has 3 rings (SSSR count). The van der Waals surface area contributed by atoms with Crippen LogP contribution in [0.4, 0.5) is 0 Å². The van der Waals surface area contributed by atoms with E-state index in [4.69, 9.17) is 5.21 Å². The van der Waals surface area contributed by atoms with E-state index in [0.717, 1.165) is 12.1 Å². The van der Waals surface area contributed by atoms with E-state index in [1.165, 1.54) is 0 Å². The van der Waals surface area contributed by atoms with Gasteiger partial charge in [-0.1, -0.05) is 18.2 Å². The second-order valence-corrected chi connectivity index (χ2v) is 6.93. The number of carbonyl (C=O) groups is 2. The van der Waals surface area contributed by atoms with Crippen LogP contribution in [0, 0.1) is 0 Å². The maximum absolute atomic E-state index is 12.7. The predicted molar refractivity (Wildman–Crippen MR) is 100 cm³/mol. The van der Waals surface area contributed by atoms with E-state index in [1.807, 2.05) is 23.1 Å². The highest BCUT2D eigenvalue weighted by atomic mass is 16.5. The van der Waals surface area contributed by atoms with Gasteiger partial charge in [0.25, 0.3) is 11.8 Å². The third kappa shape index (κ3) is 4.32. The molecule has 0 aliphatic carbocycles. The number of pyridine rings is 1. The molecule has 0 saturated carbocycles. The van der Waals surface area contributed by atoms with Gasteiger partial charge < -0.3 is 4.90 Å². The molecule has 1 aromatic heterocycles. The molecule has 2 amide bonds. The SMILES string of the molecule is C[C@@H]1CN(C(=O)c2ccccn2)C[C@H](C)N1Cc1ccc(C(=O)NO)cc1. The minimum Gasteiger partial charge on any atom is -0.334 e. The molecule has 2 aromatic rings. The highest BCUT2D eigenvalue weighted by molar-refractivity contribution is 5.93. The van der Waals surface area contributed by atoms with Crippen LogP contribution in [-0.4, -0.2) is 57.0 Å². The number of hydrogen-bond acceptors (Lipinski definition) is 5. The Morgan fingerprint density at radius 1 is 1.11 bits per heavy atom. The fourth-order valence-electron chi connectivity index (χ4n) is 3.52. The molecule has 7 nitrogen and oxygen atoms in total. The van der Waals surface area contributed by atoms with Gasteiger partial charge in [-0.05, 0) is 43.7 Å². The fraction of sp³-hybridized carbons (Fsp3) is 0.350. The zero-order valence-corrected chi connectivity index (χ0v) is 15.5. The summed E-state index contributed by atoms with van der Waals surface area (Å²) in [5, 5.41) is 8.70. The number of benzene rings is 1. The van der Waals surface area contributed by atoms with Gasteiger partial charge >= 0.3 is 0 Å². The van der Waals surface area contributed by atoms with Gasteiger partial charge in [0.1, 0.15) is 5.69 Å². The highest BCUT2D eigenvalue weighted by Crippen LogP contribution is 2.20. The lowest BCUT2D eigenvalue weighted by Gasteiger charge is -2.44. The van der Waals surface area contributed by atoms with Crippen LogP contribution in [0.3, 0.4) is 0 Å². The van der Waals surface area contributed by atoms with Gasteiger partial charge in [0.05, 0.1) is 0 Å². The molecule has 1 aliphatic rings. The molecule has 1 aliphatic heterocycles. The van der Waals surface area contributed by atoms with Crippen LogP contribution in [-0.2, 0) is 6.54 Å². The van der Waals surface area contributed by atoms with Crippen LogP contribution in [0.2, 0.25) is 0 Å². The number of rotatable bonds is 4. The first-order valence-electron chi connectivity index (χ1n) is 8.99. The number of nitrogens with one attached hydrogen (secondary N) is 1. The van der Waals surface area contributed by atoms with E-state index in [1.54, 1.807) is 35.9 Å². The Kier molecular flexibility index (Phi) is 5.83. The first-order valence-corrected chi connectivity index (χ1v) is 8.99. The maximum Gasteiger partial charge on any atom is 0.274 e. The number of nitrogens with zero attached hydrogens (tertiary/aromatic N) is 3. The van der Waals surface area contributed by atoms with Gasteiger partial charge in [0.15, 0.2) is 0 Å². The van der Waals surface area contributed by atoms with Crippen LogP contribution in [0.5, 0.6) is 0 Å². The largest absolute Gasteiger partial charge is 0.334 e. The second-order valence-electron chi connectivity index (χ2n) is 6.93. The number of amides is 2. The molecule has 1 saturated heterocycles. The normalized spacial score (nSPS) is 20.3. The summed E-state index contributed by atoms with van der Waals surface area (Å²) in [5.74, 6) is -0.557. The van der Waals surface area contributed by atoms with Crippen molar-refractivity contribution in [1.82, 2.24) is 20.3 Å². The van der Waals surface area contributed by atoms with Gasteiger partial charge in [-0.25, -0.2) is 5.48 Å².